The first kappa shape index (κ1) is 12.7. The maximum atomic E-state index is 5.98. The van der Waals surface area contributed by atoms with Gasteiger partial charge in [-0.05, 0) is 12.1 Å². The van der Waals surface area contributed by atoms with Crippen molar-refractivity contribution in [3.8, 4) is 0 Å². The number of halogens is 1. The van der Waals surface area contributed by atoms with E-state index in [-0.39, 0.29) is 0 Å². The van der Waals surface area contributed by atoms with E-state index in [4.69, 9.17) is 17.3 Å². The molecule has 0 spiro atoms. The highest BCUT2D eigenvalue weighted by atomic mass is 35.5. The van der Waals surface area contributed by atoms with Crippen molar-refractivity contribution >= 4 is 34.7 Å². The average Bonchev–Trinajstić information content (AvgIpc) is 2.66. The van der Waals surface area contributed by atoms with E-state index in [1.165, 1.54) is 10.6 Å². The fourth-order valence-electron chi connectivity index (χ4n) is 2.08. The van der Waals surface area contributed by atoms with Crippen LogP contribution in [0.15, 0.2) is 12.1 Å². The summed E-state index contributed by atoms with van der Waals surface area (Å²) in [5, 5.41) is 0.707. The van der Waals surface area contributed by atoms with Crippen LogP contribution in [0.3, 0.4) is 0 Å². The molecule has 2 N–H and O–H groups in total. The third kappa shape index (κ3) is 2.93. The number of rotatable bonds is 3. The normalized spacial score (nSPS) is 24.6. The molecule has 1 saturated heterocycles. The summed E-state index contributed by atoms with van der Waals surface area (Å²) in [5.41, 5.74) is 5.91. The van der Waals surface area contributed by atoms with Crippen LogP contribution in [0.4, 0.5) is 0 Å². The molecule has 1 aromatic rings. The van der Waals surface area contributed by atoms with E-state index < -0.39 is 0 Å². The highest BCUT2D eigenvalue weighted by molar-refractivity contribution is 7.99. The third-order valence-electron chi connectivity index (χ3n) is 2.86. The van der Waals surface area contributed by atoms with Crippen molar-refractivity contribution in [1.29, 1.82) is 0 Å². The highest BCUT2D eigenvalue weighted by Crippen LogP contribution is 2.32. The number of nitrogens with zero attached hydrogens (tertiary/aromatic N) is 1. The lowest BCUT2D eigenvalue weighted by atomic mass is 10.2. The van der Waals surface area contributed by atoms with Gasteiger partial charge < -0.3 is 5.73 Å². The second-order valence-corrected chi connectivity index (χ2v) is 7.36. The van der Waals surface area contributed by atoms with Crippen molar-refractivity contribution in [3.05, 3.63) is 21.3 Å². The first-order chi connectivity index (χ1) is 7.70. The Hall–Kier alpha value is 0.260. The van der Waals surface area contributed by atoms with Gasteiger partial charge in [0.1, 0.15) is 0 Å². The Labute approximate surface area is 110 Å². The van der Waals surface area contributed by atoms with E-state index in [0.717, 1.165) is 17.4 Å². The molecule has 90 valence electrons. The minimum atomic E-state index is 0.348. The molecule has 2 unspecified atom stereocenters. The maximum Gasteiger partial charge on any atom is 0.0931 e. The molecule has 0 saturated carbocycles. The molecule has 0 amide bonds. The van der Waals surface area contributed by atoms with E-state index in [1.807, 2.05) is 17.8 Å². The van der Waals surface area contributed by atoms with Crippen molar-refractivity contribution in [2.45, 2.75) is 18.2 Å². The lowest BCUT2D eigenvalue weighted by Crippen LogP contribution is -2.41. The van der Waals surface area contributed by atoms with Gasteiger partial charge in [-0.15, -0.1) is 11.3 Å². The molecule has 5 heteroatoms. The van der Waals surface area contributed by atoms with Gasteiger partial charge in [-0.2, -0.15) is 11.8 Å². The summed E-state index contributed by atoms with van der Waals surface area (Å²) in [5.74, 6) is 1.21. The molecule has 1 fully saturated rings. The zero-order valence-corrected chi connectivity index (χ0v) is 11.7. The summed E-state index contributed by atoms with van der Waals surface area (Å²) in [6.45, 7) is 5.22. The van der Waals surface area contributed by atoms with E-state index in [1.54, 1.807) is 11.3 Å². The lowest BCUT2D eigenvalue weighted by molar-refractivity contribution is 0.214. The molecule has 1 aliphatic heterocycles. The highest BCUT2D eigenvalue weighted by Gasteiger charge is 2.25. The second kappa shape index (κ2) is 5.74. The summed E-state index contributed by atoms with van der Waals surface area (Å²) < 4.78 is 0.855. The standard InChI is InChI=1S/C11H17ClN2S2/c1-8-7-14(4-5-15-8)9(6-13)10-2-3-11(12)16-10/h2-3,8-9H,4-7,13H2,1H3. The quantitative estimate of drug-likeness (QED) is 0.921. The van der Waals surface area contributed by atoms with E-state index in [2.05, 4.69) is 17.9 Å². The largest absolute Gasteiger partial charge is 0.329 e. The Kier molecular flexibility index (Phi) is 4.56. The molecular weight excluding hydrogens is 260 g/mol. The monoisotopic (exact) mass is 276 g/mol. The van der Waals surface area contributed by atoms with Crippen LogP contribution in [0.2, 0.25) is 4.34 Å². The fourth-order valence-corrected chi connectivity index (χ4v) is 4.33. The molecule has 0 aliphatic carbocycles. The van der Waals surface area contributed by atoms with E-state index >= 15 is 0 Å². The van der Waals surface area contributed by atoms with Gasteiger partial charge in [0.15, 0.2) is 0 Å². The fraction of sp³-hybridized carbons (Fsp3) is 0.636. The van der Waals surface area contributed by atoms with Crippen molar-refractivity contribution in [2.75, 3.05) is 25.4 Å². The molecule has 0 bridgehead atoms. The SMILES string of the molecule is CC1CN(C(CN)c2ccc(Cl)s2)CCS1. The van der Waals surface area contributed by atoms with Crippen LogP contribution in [-0.4, -0.2) is 35.5 Å². The van der Waals surface area contributed by atoms with Gasteiger partial charge >= 0.3 is 0 Å². The number of hydrogen-bond donors (Lipinski definition) is 1. The summed E-state index contributed by atoms with van der Waals surface area (Å²) in [6.07, 6.45) is 0. The van der Waals surface area contributed by atoms with Gasteiger partial charge in [-0.25, -0.2) is 0 Å². The van der Waals surface area contributed by atoms with Gasteiger partial charge in [0.25, 0.3) is 0 Å². The third-order valence-corrected chi connectivity index (χ3v) is 5.33. The molecule has 1 aromatic heterocycles. The van der Waals surface area contributed by atoms with Crippen molar-refractivity contribution in [1.82, 2.24) is 4.90 Å². The van der Waals surface area contributed by atoms with Gasteiger partial charge in [0.05, 0.1) is 10.4 Å². The molecular formula is C11H17ClN2S2. The second-order valence-electron chi connectivity index (χ2n) is 4.07. The predicted octanol–water partition coefficient (Wildman–Crippen LogP) is 2.84. The van der Waals surface area contributed by atoms with Crippen LogP contribution in [0.5, 0.6) is 0 Å². The number of nitrogens with two attached hydrogens (primary N) is 1. The van der Waals surface area contributed by atoms with Crippen LogP contribution >= 0.6 is 34.7 Å². The molecule has 2 heterocycles. The Morgan fingerprint density at radius 3 is 3.00 bits per heavy atom. The van der Waals surface area contributed by atoms with Gasteiger partial charge in [-0.3, -0.25) is 4.90 Å². The number of thioether (sulfide) groups is 1. The molecule has 1 aliphatic rings. The van der Waals surface area contributed by atoms with Crippen molar-refractivity contribution in [2.24, 2.45) is 5.73 Å². The summed E-state index contributed by atoms with van der Waals surface area (Å²) >= 11 is 9.68. The summed E-state index contributed by atoms with van der Waals surface area (Å²) in [4.78, 5) is 3.79. The lowest BCUT2D eigenvalue weighted by Gasteiger charge is -2.36. The maximum absolute atomic E-state index is 5.98. The molecule has 2 atom stereocenters. The van der Waals surface area contributed by atoms with Crippen LogP contribution in [0, 0.1) is 0 Å². The predicted molar refractivity (Wildman–Crippen MR) is 74.6 cm³/mol. The average molecular weight is 277 g/mol. The van der Waals surface area contributed by atoms with Gasteiger partial charge in [0, 0.05) is 35.5 Å². The Morgan fingerprint density at radius 2 is 2.44 bits per heavy atom. The number of hydrogen-bond acceptors (Lipinski definition) is 4. The molecule has 2 nitrogen and oxygen atoms in total. The molecule has 0 aromatic carbocycles. The minimum absolute atomic E-state index is 0.348. The van der Waals surface area contributed by atoms with E-state index in [9.17, 15) is 0 Å². The first-order valence-electron chi connectivity index (χ1n) is 5.51. The van der Waals surface area contributed by atoms with E-state index in [0.29, 0.717) is 17.8 Å². The van der Waals surface area contributed by atoms with Crippen molar-refractivity contribution in [3.63, 3.8) is 0 Å². The summed E-state index contributed by atoms with van der Waals surface area (Å²) in [7, 11) is 0. The zero-order valence-electron chi connectivity index (χ0n) is 9.36. The van der Waals surface area contributed by atoms with Gasteiger partial charge in [0.2, 0.25) is 0 Å². The smallest absolute Gasteiger partial charge is 0.0931 e. The summed E-state index contributed by atoms with van der Waals surface area (Å²) in [6, 6.07) is 4.42. The van der Waals surface area contributed by atoms with Gasteiger partial charge in [-0.1, -0.05) is 18.5 Å². The zero-order chi connectivity index (χ0) is 11.5. The van der Waals surface area contributed by atoms with Crippen LogP contribution in [-0.2, 0) is 0 Å². The minimum Gasteiger partial charge on any atom is -0.329 e. The molecule has 2 rings (SSSR count). The Morgan fingerprint density at radius 1 is 1.62 bits per heavy atom. The van der Waals surface area contributed by atoms with Crippen molar-refractivity contribution < 1.29 is 0 Å². The molecule has 0 radical (unpaired) electrons. The first-order valence-corrected chi connectivity index (χ1v) is 7.76. The number of thiophene rings is 1. The Balaban J connectivity index is 2.09. The Bertz CT molecular complexity index is 342. The van der Waals surface area contributed by atoms with Crippen LogP contribution in [0.1, 0.15) is 17.8 Å². The van der Waals surface area contributed by atoms with Crippen LogP contribution in [0.25, 0.3) is 0 Å². The topological polar surface area (TPSA) is 29.3 Å². The molecule has 16 heavy (non-hydrogen) atoms. The van der Waals surface area contributed by atoms with Crippen LogP contribution < -0.4 is 5.73 Å².